The molecular weight excluding hydrogens is 296 g/mol. The van der Waals surface area contributed by atoms with Gasteiger partial charge in [-0.25, -0.2) is 9.97 Å². The summed E-state index contributed by atoms with van der Waals surface area (Å²) in [5, 5.41) is 0. The summed E-state index contributed by atoms with van der Waals surface area (Å²) in [5.41, 5.74) is 7.16. The van der Waals surface area contributed by atoms with Crippen molar-refractivity contribution in [3.63, 3.8) is 0 Å². The molecule has 0 amide bonds. The van der Waals surface area contributed by atoms with Gasteiger partial charge in [-0.05, 0) is 37.1 Å². The lowest BCUT2D eigenvalue weighted by Crippen LogP contribution is -2.02. The standard InChI is InChI=1S/C20H18N4/c1-15-5-3-7-17(23-11-9-21-13-23)19(15)20-16(2)6-4-8-18(20)24-12-10-22-14-24/h3-14H,1-2H3. The summed E-state index contributed by atoms with van der Waals surface area (Å²) < 4.78 is 4.12. The molecule has 2 heterocycles. The second-order valence-electron chi connectivity index (χ2n) is 5.88. The molecule has 118 valence electrons. The van der Waals surface area contributed by atoms with Crippen molar-refractivity contribution >= 4 is 0 Å². The first-order chi connectivity index (χ1) is 11.8. The highest BCUT2D eigenvalue weighted by Gasteiger charge is 2.16. The Kier molecular flexibility index (Phi) is 3.50. The van der Waals surface area contributed by atoms with E-state index in [1.54, 1.807) is 12.4 Å². The third kappa shape index (κ3) is 2.33. The van der Waals surface area contributed by atoms with Crippen LogP contribution < -0.4 is 0 Å². The highest BCUT2D eigenvalue weighted by atomic mass is 15.0. The number of nitrogens with zero attached hydrogens (tertiary/aromatic N) is 4. The fourth-order valence-corrected chi connectivity index (χ4v) is 3.19. The molecule has 0 aliphatic heterocycles. The van der Waals surface area contributed by atoms with Crippen LogP contribution in [0.15, 0.2) is 73.8 Å². The van der Waals surface area contributed by atoms with Crippen molar-refractivity contribution < 1.29 is 0 Å². The van der Waals surface area contributed by atoms with Crippen LogP contribution in [0.25, 0.3) is 22.5 Å². The predicted molar refractivity (Wildman–Crippen MR) is 95.6 cm³/mol. The predicted octanol–water partition coefficient (Wildman–Crippen LogP) is 4.34. The first kappa shape index (κ1) is 14.5. The summed E-state index contributed by atoms with van der Waals surface area (Å²) in [6.45, 7) is 4.31. The lowest BCUT2D eigenvalue weighted by atomic mass is 9.93. The molecule has 0 fully saturated rings. The highest BCUT2D eigenvalue weighted by molar-refractivity contribution is 5.84. The third-order valence-electron chi connectivity index (χ3n) is 4.32. The monoisotopic (exact) mass is 314 g/mol. The minimum atomic E-state index is 1.13. The third-order valence-corrected chi connectivity index (χ3v) is 4.32. The largest absolute Gasteiger partial charge is 0.306 e. The number of aromatic nitrogens is 4. The maximum Gasteiger partial charge on any atom is 0.0991 e. The Morgan fingerprint density at radius 2 is 1.12 bits per heavy atom. The van der Waals surface area contributed by atoms with Gasteiger partial charge in [0.1, 0.15) is 0 Å². The zero-order valence-electron chi connectivity index (χ0n) is 13.7. The van der Waals surface area contributed by atoms with Gasteiger partial charge < -0.3 is 9.13 Å². The summed E-state index contributed by atoms with van der Waals surface area (Å²) in [4.78, 5) is 8.41. The average molecular weight is 314 g/mol. The van der Waals surface area contributed by atoms with Crippen LogP contribution in [0.5, 0.6) is 0 Å². The number of hydrogen-bond donors (Lipinski definition) is 0. The second-order valence-corrected chi connectivity index (χ2v) is 5.88. The summed E-state index contributed by atoms with van der Waals surface area (Å²) in [5.74, 6) is 0. The van der Waals surface area contributed by atoms with Crippen LogP contribution in [0.2, 0.25) is 0 Å². The first-order valence-corrected chi connectivity index (χ1v) is 7.92. The number of benzene rings is 2. The minimum Gasteiger partial charge on any atom is -0.306 e. The van der Waals surface area contributed by atoms with E-state index in [-0.39, 0.29) is 0 Å². The Hall–Kier alpha value is -3.14. The van der Waals surface area contributed by atoms with Crippen molar-refractivity contribution in [2.24, 2.45) is 0 Å². The van der Waals surface area contributed by atoms with E-state index in [1.165, 1.54) is 22.3 Å². The van der Waals surface area contributed by atoms with Gasteiger partial charge in [0.25, 0.3) is 0 Å². The van der Waals surface area contributed by atoms with E-state index in [0.717, 1.165) is 11.4 Å². The number of aryl methyl sites for hydroxylation is 2. The van der Waals surface area contributed by atoms with Gasteiger partial charge in [-0.3, -0.25) is 0 Å². The van der Waals surface area contributed by atoms with Gasteiger partial charge in [-0.2, -0.15) is 0 Å². The van der Waals surface area contributed by atoms with Crippen LogP contribution >= 0.6 is 0 Å². The molecule has 4 heteroatoms. The van der Waals surface area contributed by atoms with Gasteiger partial charge in [-0.1, -0.05) is 24.3 Å². The van der Waals surface area contributed by atoms with Gasteiger partial charge in [0.2, 0.25) is 0 Å². The van der Waals surface area contributed by atoms with Gasteiger partial charge in [0.15, 0.2) is 0 Å². The molecule has 0 aliphatic rings. The molecule has 0 saturated heterocycles. The maximum atomic E-state index is 4.21. The van der Waals surface area contributed by atoms with Gasteiger partial charge >= 0.3 is 0 Å². The van der Waals surface area contributed by atoms with E-state index < -0.39 is 0 Å². The Bertz CT molecular complexity index is 885. The van der Waals surface area contributed by atoms with E-state index in [2.05, 4.69) is 69.3 Å². The molecule has 0 unspecified atom stereocenters. The minimum absolute atomic E-state index is 1.13. The van der Waals surface area contributed by atoms with Crippen LogP contribution in [0.4, 0.5) is 0 Å². The molecule has 0 saturated carbocycles. The number of rotatable bonds is 3. The zero-order chi connectivity index (χ0) is 16.5. The molecule has 0 N–H and O–H groups in total. The molecule has 0 bridgehead atoms. The van der Waals surface area contributed by atoms with Crippen molar-refractivity contribution in [2.45, 2.75) is 13.8 Å². The average Bonchev–Trinajstić information content (AvgIpc) is 3.29. The normalized spacial score (nSPS) is 10.9. The summed E-state index contributed by atoms with van der Waals surface area (Å²) in [6.07, 6.45) is 11.3. The first-order valence-electron chi connectivity index (χ1n) is 7.92. The van der Waals surface area contributed by atoms with E-state index in [0.29, 0.717) is 0 Å². The van der Waals surface area contributed by atoms with Crippen molar-refractivity contribution in [3.05, 3.63) is 85.0 Å². The van der Waals surface area contributed by atoms with Gasteiger partial charge in [0, 0.05) is 35.9 Å². The maximum absolute atomic E-state index is 4.21. The molecule has 4 rings (SSSR count). The van der Waals surface area contributed by atoms with Crippen LogP contribution in [-0.2, 0) is 0 Å². The lowest BCUT2D eigenvalue weighted by molar-refractivity contribution is 1.04. The summed E-state index contributed by atoms with van der Waals surface area (Å²) in [6, 6.07) is 12.7. The lowest BCUT2D eigenvalue weighted by Gasteiger charge is -2.19. The van der Waals surface area contributed by atoms with E-state index >= 15 is 0 Å². The van der Waals surface area contributed by atoms with Crippen LogP contribution in [0.3, 0.4) is 0 Å². The van der Waals surface area contributed by atoms with Crippen LogP contribution in [0.1, 0.15) is 11.1 Å². The Morgan fingerprint density at radius 3 is 1.50 bits per heavy atom. The summed E-state index contributed by atoms with van der Waals surface area (Å²) in [7, 11) is 0. The van der Waals surface area contributed by atoms with Crippen molar-refractivity contribution in [3.8, 4) is 22.5 Å². The zero-order valence-corrected chi connectivity index (χ0v) is 13.7. The molecule has 2 aromatic carbocycles. The molecule has 0 spiro atoms. The second kappa shape index (κ2) is 5.81. The Labute approximate surface area is 141 Å². The molecule has 0 radical (unpaired) electrons. The van der Waals surface area contributed by atoms with E-state index in [9.17, 15) is 0 Å². The topological polar surface area (TPSA) is 35.6 Å². The van der Waals surface area contributed by atoms with Gasteiger partial charge in [0.05, 0.1) is 24.0 Å². The fourth-order valence-electron chi connectivity index (χ4n) is 3.19. The molecule has 0 aliphatic carbocycles. The molecule has 4 aromatic rings. The molecule has 4 nitrogen and oxygen atoms in total. The van der Waals surface area contributed by atoms with Gasteiger partial charge in [-0.15, -0.1) is 0 Å². The smallest absolute Gasteiger partial charge is 0.0991 e. The quantitative estimate of drug-likeness (QED) is 0.564. The Morgan fingerprint density at radius 1 is 0.667 bits per heavy atom. The Balaban J connectivity index is 2.05. The van der Waals surface area contributed by atoms with Crippen molar-refractivity contribution in [1.29, 1.82) is 0 Å². The molecule has 0 atom stereocenters. The van der Waals surface area contributed by atoms with Crippen molar-refractivity contribution in [1.82, 2.24) is 19.1 Å². The molecule has 24 heavy (non-hydrogen) atoms. The number of hydrogen-bond acceptors (Lipinski definition) is 2. The highest BCUT2D eigenvalue weighted by Crippen LogP contribution is 2.36. The van der Waals surface area contributed by atoms with Crippen LogP contribution in [-0.4, -0.2) is 19.1 Å². The summed E-state index contributed by atoms with van der Waals surface area (Å²) >= 11 is 0. The van der Waals surface area contributed by atoms with E-state index in [1.807, 2.05) is 25.0 Å². The number of imidazole rings is 2. The SMILES string of the molecule is Cc1cccc(-n2ccnc2)c1-c1c(C)cccc1-n1ccnc1. The van der Waals surface area contributed by atoms with Crippen molar-refractivity contribution in [2.75, 3.05) is 0 Å². The van der Waals surface area contributed by atoms with Crippen LogP contribution in [0, 0.1) is 13.8 Å². The molecule has 2 aromatic heterocycles. The van der Waals surface area contributed by atoms with E-state index in [4.69, 9.17) is 0 Å². The fraction of sp³-hybridized carbons (Fsp3) is 0.100. The molecular formula is C20H18N4.